The van der Waals surface area contributed by atoms with Gasteiger partial charge in [-0.15, -0.1) is 0 Å². The third-order valence-corrected chi connectivity index (χ3v) is 7.30. The lowest BCUT2D eigenvalue weighted by atomic mass is 10.0. The number of carbonyl (C=O) groups is 1. The van der Waals surface area contributed by atoms with Gasteiger partial charge in [0.2, 0.25) is 10.0 Å². The van der Waals surface area contributed by atoms with Crippen molar-refractivity contribution in [2.45, 2.75) is 44.0 Å². The largest absolute Gasteiger partial charge is 0.352 e. The Morgan fingerprint density at radius 1 is 1.14 bits per heavy atom. The average Bonchev–Trinajstić information content (AvgIpc) is 2.71. The molecule has 0 atom stereocenters. The van der Waals surface area contributed by atoms with E-state index in [2.05, 4.69) is 12.2 Å². The fourth-order valence-corrected chi connectivity index (χ4v) is 5.25. The molecule has 2 aromatic rings. The van der Waals surface area contributed by atoms with Gasteiger partial charge in [-0.05, 0) is 42.2 Å². The molecule has 1 heterocycles. The van der Waals surface area contributed by atoms with Crippen LogP contribution in [0.15, 0.2) is 47.4 Å². The summed E-state index contributed by atoms with van der Waals surface area (Å²) in [5, 5.41) is 2.96. The summed E-state index contributed by atoms with van der Waals surface area (Å²) in [7, 11) is -3.80. The summed E-state index contributed by atoms with van der Waals surface area (Å²) in [6.07, 6.45) is 3.66. The van der Waals surface area contributed by atoms with Crippen molar-refractivity contribution in [1.29, 1.82) is 0 Å². The predicted octanol–water partition coefficient (Wildman–Crippen LogP) is 4.01. The van der Waals surface area contributed by atoms with Crippen LogP contribution in [0.5, 0.6) is 0 Å². The Balaban J connectivity index is 1.81. The quantitative estimate of drug-likeness (QED) is 0.688. The van der Waals surface area contributed by atoms with E-state index in [1.807, 2.05) is 24.3 Å². The Morgan fingerprint density at radius 3 is 2.64 bits per heavy atom. The number of fused-ring (bicyclic) bond motifs is 1. The number of rotatable bonds is 7. The maximum atomic E-state index is 13.2. The normalized spacial score (nSPS) is 14.5. The molecule has 0 aromatic heterocycles. The number of amides is 1. The van der Waals surface area contributed by atoms with Gasteiger partial charge in [0.05, 0.1) is 5.02 Å². The summed E-state index contributed by atoms with van der Waals surface area (Å²) < 4.78 is 27.8. The first-order chi connectivity index (χ1) is 13.4. The minimum Gasteiger partial charge on any atom is -0.352 e. The zero-order chi connectivity index (χ0) is 20.1. The average molecular weight is 421 g/mol. The van der Waals surface area contributed by atoms with Crippen molar-refractivity contribution in [2.75, 3.05) is 13.1 Å². The number of benzene rings is 2. The first-order valence-electron chi connectivity index (χ1n) is 9.58. The first-order valence-corrected chi connectivity index (χ1v) is 11.4. The molecule has 2 aromatic carbocycles. The van der Waals surface area contributed by atoms with Gasteiger partial charge in [0.15, 0.2) is 0 Å². The Bertz CT molecular complexity index is 960. The van der Waals surface area contributed by atoms with Crippen molar-refractivity contribution < 1.29 is 13.2 Å². The summed E-state index contributed by atoms with van der Waals surface area (Å²) in [6.45, 7) is 3.36. The minimum absolute atomic E-state index is 0.0187. The second kappa shape index (κ2) is 9.07. The molecular formula is C21H25ClN2O3S. The third kappa shape index (κ3) is 4.57. The van der Waals surface area contributed by atoms with E-state index in [0.29, 0.717) is 31.6 Å². The van der Waals surface area contributed by atoms with E-state index in [9.17, 15) is 13.2 Å². The lowest BCUT2D eigenvalue weighted by Gasteiger charge is -2.28. The van der Waals surface area contributed by atoms with Crippen molar-refractivity contribution in [3.05, 3.63) is 64.2 Å². The van der Waals surface area contributed by atoms with Gasteiger partial charge >= 0.3 is 0 Å². The number of unbranched alkanes of at least 4 members (excludes halogenated alkanes) is 2. The van der Waals surface area contributed by atoms with Gasteiger partial charge in [-0.1, -0.05) is 55.6 Å². The zero-order valence-electron chi connectivity index (χ0n) is 15.9. The standard InChI is InChI=1S/C21H25ClN2O3S/c1-2-3-6-12-23-21(25)17-9-10-19(22)20(14-17)28(26,27)24-13-11-16-7-4-5-8-18(16)15-24/h4-5,7-10,14H,2-3,6,11-13,15H2,1H3,(H,23,25). The van der Waals surface area contributed by atoms with E-state index in [1.165, 1.54) is 22.0 Å². The van der Waals surface area contributed by atoms with E-state index >= 15 is 0 Å². The van der Waals surface area contributed by atoms with Gasteiger partial charge in [0, 0.05) is 25.2 Å². The molecule has 1 aliphatic rings. The number of carbonyl (C=O) groups excluding carboxylic acids is 1. The van der Waals surface area contributed by atoms with E-state index in [1.54, 1.807) is 6.07 Å². The van der Waals surface area contributed by atoms with Gasteiger partial charge in [-0.25, -0.2) is 8.42 Å². The highest BCUT2D eigenvalue weighted by Crippen LogP contribution is 2.29. The maximum Gasteiger partial charge on any atom is 0.251 e. The molecule has 1 aliphatic heterocycles. The second-order valence-electron chi connectivity index (χ2n) is 6.97. The third-order valence-electron chi connectivity index (χ3n) is 4.97. The van der Waals surface area contributed by atoms with Crippen molar-refractivity contribution in [3.63, 3.8) is 0 Å². The smallest absolute Gasteiger partial charge is 0.251 e. The van der Waals surface area contributed by atoms with Crippen molar-refractivity contribution >= 4 is 27.5 Å². The maximum absolute atomic E-state index is 13.2. The van der Waals surface area contributed by atoms with Crippen LogP contribution in [0.25, 0.3) is 0 Å². The summed E-state index contributed by atoms with van der Waals surface area (Å²) in [6, 6.07) is 12.3. The summed E-state index contributed by atoms with van der Waals surface area (Å²) >= 11 is 6.21. The molecule has 0 saturated carbocycles. The SMILES string of the molecule is CCCCCNC(=O)c1ccc(Cl)c(S(=O)(=O)N2CCc3ccccc3C2)c1. The highest BCUT2D eigenvalue weighted by molar-refractivity contribution is 7.89. The molecule has 0 unspecified atom stereocenters. The molecule has 0 aliphatic carbocycles. The van der Waals surface area contributed by atoms with Crippen LogP contribution in [-0.2, 0) is 23.0 Å². The molecule has 28 heavy (non-hydrogen) atoms. The molecule has 3 rings (SSSR count). The molecule has 1 N–H and O–H groups in total. The topological polar surface area (TPSA) is 66.5 Å². The van der Waals surface area contributed by atoms with Crippen molar-refractivity contribution in [1.82, 2.24) is 9.62 Å². The second-order valence-corrected chi connectivity index (χ2v) is 9.28. The summed E-state index contributed by atoms with van der Waals surface area (Å²) in [5.41, 5.74) is 2.47. The number of nitrogens with one attached hydrogen (secondary N) is 1. The number of hydrogen-bond acceptors (Lipinski definition) is 3. The van der Waals surface area contributed by atoms with Gasteiger partial charge < -0.3 is 5.32 Å². The monoisotopic (exact) mass is 420 g/mol. The Kier molecular flexibility index (Phi) is 6.75. The van der Waals surface area contributed by atoms with Crippen molar-refractivity contribution in [3.8, 4) is 0 Å². The summed E-state index contributed by atoms with van der Waals surface area (Å²) in [5.74, 6) is -0.284. The Hall–Kier alpha value is -1.89. The molecular weight excluding hydrogens is 396 g/mol. The van der Waals surface area contributed by atoms with Crippen LogP contribution >= 0.6 is 11.6 Å². The zero-order valence-corrected chi connectivity index (χ0v) is 17.5. The number of hydrogen-bond donors (Lipinski definition) is 1. The fourth-order valence-electron chi connectivity index (χ4n) is 3.34. The molecule has 0 saturated heterocycles. The van der Waals surface area contributed by atoms with E-state index in [0.717, 1.165) is 24.8 Å². The van der Waals surface area contributed by atoms with Crippen LogP contribution in [0.1, 0.15) is 47.7 Å². The lowest BCUT2D eigenvalue weighted by molar-refractivity contribution is 0.0952. The molecule has 0 spiro atoms. The number of nitrogens with zero attached hydrogens (tertiary/aromatic N) is 1. The van der Waals surface area contributed by atoms with E-state index in [-0.39, 0.29) is 15.8 Å². The van der Waals surface area contributed by atoms with Gasteiger partial charge in [0.25, 0.3) is 5.91 Å². The minimum atomic E-state index is -3.80. The van der Waals surface area contributed by atoms with Crippen LogP contribution in [-0.4, -0.2) is 31.7 Å². The molecule has 0 bridgehead atoms. The number of halogens is 1. The highest BCUT2D eigenvalue weighted by atomic mass is 35.5. The van der Waals surface area contributed by atoms with Crippen LogP contribution in [0.3, 0.4) is 0 Å². The Labute approximate surface area is 171 Å². The van der Waals surface area contributed by atoms with Gasteiger partial charge in [-0.2, -0.15) is 4.31 Å². The van der Waals surface area contributed by atoms with E-state index < -0.39 is 10.0 Å². The Morgan fingerprint density at radius 2 is 1.89 bits per heavy atom. The molecule has 150 valence electrons. The van der Waals surface area contributed by atoms with E-state index in [4.69, 9.17) is 11.6 Å². The van der Waals surface area contributed by atoms with Crippen molar-refractivity contribution in [2.24, 2.45) is 0 Å². The van der Waals surface area contributed by atoms with Crippen LogP contribution < -0.4 is 5.32 Å². The number of sulfonamides is 1. The molecule has 0 fully saturated rings. The lowest BCUT2D eigenvalue weighted by Crippen LogP contribution is -2.36. The molecule has 1 amide bonds. The van der Waals surface area contributed by atoms with Crippen LogP contribution in [0, 0.1) is 0 Å². The molecule has 7 heteroatoms. The van der Waals surface area contributed by atoms with Crippen LogP contribution in [0.4, 0.5) is 0 Å². The fraction of sp³-hybridized carbons (Fsp3) is 0.381. The highest BCUT2D eigenvalue weighted by Gasteiger charge is 2.30. The van der Waals surface area contributed by atoms with Gasteiger partial charge in [-0.3, -0.25) is 4.79 Å². The summed E-state index contributed by atoms with van der Waals surface area (Å²) in [4.78, 5) is 12.4. The first kappa shape index (κ1) is 20.8. The molecule has 0 radical (unpaired) electrons. The van der Waals surface area contributed by atoms with Gasteiger partial charge in [0.1, 0.15) is 4.90 Å². The molecule has 5 nitrogen and oxygen atoms in total. The predicted molar refractivity (Wildman–Crippen MR) is 111 cm³/mol. The van der Waals surface area contributed by atoms with Crippen LogP contribution in [0.2, 0.25) is 5.02 Å².